The van der Waals surface area contributed by atoms with Gasteiger partial charge < -0.3 is 10.1 Å². The molecule has 2 aromatic heterocycles. The lowest BCUT2D eigenvalue weighted by molar-refractivity contribution is 0.0735. The molecule has 5 rings (SSSR count). The number of esters is 1. The molecule has 0 spiro atoms. The molecule has 6 nitrogen and oxygen atoms in total. The van der Waals surface area contributed by atoms with Crippen molar-refractivity contribution in [1.29, 1.82) is 0 Å². The molecule has 0 radical (unpaired) electrons. The van der Waals surface area contributed by atoms with Crippen molar-refractivity contribution in [3.8, 4) is 28.3 Å². The molecule has 2 heterocycles. The number of rotatable bonds is 10. The second-order valence-electron chi connectivity index (χ2n) is 10.1. The fraction of sp³-hybridized carbons (Fsp3) is 0.167. The van der Waals surface area contributed by atoms with Gasteiger partial charge in [-0.05, 0) is 72.5 Å². The molecule has 0 saturated heterocycles. The third-order valence-electron chi connectivity index (χ3n) is 6.89. The average Bonchev–Trinajstić information content (AvgIpc) is 3.02. The van der Waals surface area contributed by atoms with Crippen LogP contribution in [0.4, 0.5) is 5.69 Å². The van der Waals surface area contributed by atoms with Crippen LogP contribution in [0.1, 0.15) is 58.5 Å². The third kappa shape index (κ3) is 7.15. The van der Waals surface area contributed by atoms with E-state index in [0.717, 1.165) is 48.2 Å². The number of carbonyl (C=O) groups excluding carboxylic acids is 2. The Bertz CT molecular complexity index is 1520. The van der Waals surface area contributed by atoms with Gasteiger partial charge in [-0.15, -0.1) is 0 Å². The minimum absolute atomic E-state index is 0.261. The number of pyridine rings is 2. The van der Waals surface area contributed by atoms with Gasteiger partial charge in [-0.2, -0.15) is 0 Å². The maximum atomic E-state index is 12.9. The lowest BCUT2D eigenvalue weighted by Gasteiger charge is -2.09. The molecule has 0 aliphatic rings. The van der Waals surface area contributed by atoms with Crippen molar-refractivity contribution in [1.82, 2.24) is 9.97 Å². The van der Waals surface area contributed by atoms with E-state index >= 15 is 0 Å². The van der Waals surface area contributed by atoms with Gasteiger partial charge >= 0.3 is 5.97 Å². The van der Waals surface area contributed by atoms with Crippen LogP contribution >= 0.6 is 0 Å². The van der Waals surface area contributed by atoms with Crippen LogP contribution in [0, 0.1) is 0 Å². The number of aromatic nitrogens is 2. The molecular formula is C36H33N3O3. The van der Waals surface area contributed by atoms with Crippen LogP contribution in [0.2, 0.25) is 0 Å². The van der Waals surface area contributed by atoms with Crippen molar-refractivity contribution < 1.29 is 14.3 Å². The first kappa shape index (κ1) is 28.4. The first-order valence-corrected chi connectivity index (χ1v) is 14.3. The molecular weight excluding hydrogens is 522 g/mol. The quantitative estimate of drug-likeness (QED) is 0.139. The van der Waals surface area contributed by atoms with Gasteiger partial charge in [0, 0.05) is 40.8 Å². The summed E-state index contributed by atoms with van der Waals surface area (Å²) in [6.45, 7) is 4.29. The number of nitrogens with one attached hydrogen (secondary N) is 1. The van der Waals surface area contributed by atoms with Crippen LogP contribution in [0.15, 0.2) is 109 Å². The van der Waals surface area contributed by atoms with Gasteiger partial charge in [-0.25, -0.2) is 4.79 Å². The normalized spacial score (nSPS) is 10.7. The highest BCUT2D eigenvalue weighted by molar-refractivity contribution is 6.04. The minimum atomic E-state index is -0.483. The summed E-state index contributed by atoms with van der Waals surface area (Å²) in [6.07, 6.45) is 7.96. The number of hydrogen-bond donors (Lipinski definition) is 1. The van der Waals surface area contributed by atoms with Gasteiger partial charge in [-0.1, -0.05) is 69.2 Å². The second kappa shape index (κ2) is 13.5. The molecule has 0 atom stereocenters. The standard InChI is InChI=1S/C36H33N3O3/c1-3-6-25-10-20-33(37-23-25)27-12-16-29(17-13-27)35(40)39-31-8-5-9-32(22-31)42-36(41)30-18-14-28(15-19-30)34-21-11-26(7-4-2)24-38-34/h5,8-24H,3-4,6-7H2,1-2H3,(H,39,40). The lowest BCUT2D eigenvalue weighted by atomic mass is 10.1. The van der Waals surface area contributed by atoms with Crippen molar-refractivity contribution in [3.05, 3.63) is 132 Å². The molecule has 210 valence electrons. The van der Waals surface area contributed by atoms with Crippen LogP contribution in [0.25, 0.3) is 22.5 Å². The fourth-order valence-corrected chi connectivity index (χ4v) is 4.64. The predicted octanol–water partition coefficient (Wildman–Crippen LogP) is 8.19. The number of carbonyl (C=O) groups is 2. The number of ether oxygens (including phenoxy) is 1. The van der Waals surface area contributed by atoms with E-state index in [0.29, 0.717) is 22.6 Å². The lowest BCUT2D eigenvalue weighted by Crippen LogP contribution is -2.12. The van der Waals surface area contributed by atoms with E-state index in [9.17, 15) is 9.59 Å². The molecule has 0 aliphatic carbocycles. The highest BCUT2D eigenvalue weighted by Gasteiger charge is 2.12. The smallest absolute Gasteiger partial charge is 0.343 e. The average molecular weight is 556 g/mol. The third-order valence-corrected chi connectivity index (χ3v) is 6.89. The molecule has 0 unspecified atom stereocenters. The number of aryl methyl sites for hydroxylation is 2. The van der Waals surface area contributed by atoms with Gasteiger partial charge in [0.05, 0.1) is 17.0 Å². The molecule has 3 aromatic carbocycles. The van der Waals surface area contributed by atoms with E-state index in [2.05, 4.69) is 41.3 Å². The number of hydrogen-bond acceptors (Lipinski definition) is 5. The zero-order chi connectivity index (χ0) is 29.3. The van der Waals surface area contributed by atoms with Crippen LogP contribution in [-0.4, -0.2) is 21.8 Å². The Labute approximate surface area is 246 Å². The highest BCUT2D eigenvalue weighted by Crippen LogP contribution is 2.23. The monoisotopic (exact) mass is 555 g/mol. The first-order valence-electron chi connectivity index (χ1n) is 14.3. The summed E-state index contributed by atoms with van der Waals surface area (Å²) in [5, 5.41) is 2.88. The van der Waals surface area contributed by atoms with Gasteiger partial charge in [-0.3, -0.25) is 14.8 Å². The second-order valence-corrected chi connectivity index (χ2v) is 10.1. The number of benzene rings is 3. The van der Waals surface area contributed by atoms with Gasteiger partial charge in [0.25, 0.3) is 5.91 Å². The van der Waals surface area contributed by atoms with E-state index in [4.69, 9.17) is 4.74 Å². The van der Waals surface area contributed by atoms with Crippen molar-refractivity contribution in [3.63, 3.8) is 0 Å². The highest BCUT2D eigenvalue weighted by atomic mass is 16.5. The van der Waals surface area contributed by atoms with Gasteiger partial charge in [0.15, 0.2) is 0 Å². The Kier molecular flexibility index (Phi) is 9.14. The summed E-state index contributed by atoms with van der Waals surface area (Å²) in [6, 6.07) is 29.4. The van der Waals surface area contributed by atoms with Crippen molar-refractivity contribution in [2.24, 2.45) is 0 Å². The minimum Gasteiger partial charge on any atom is -0.423 e. The zero-order valence-electron chi connectivity index (χ0n) is 23.8. The number of amides is 1. The van der Waals surface area contributed by atoms with E-state index in [-0.39, 0.29) is 5.91 Å². The summed E-state index contributed by atoms with van der Waals surface area (Å²) in [5.41, 5.74) is 7.46. The molecule has 0 bridgehead atoms. The Morgan fingerprint density at radius 1 is 0.667 bits per heavy atom. The molecule has 0 saturated carbocycles. The van der Waals surface area contributed by atoms with Crippen molar-refractivity contribution in [2.45, 2.75) is 39.5 Å². The summed E-state index contributed by atoms with van der Waals surface area (Å²) in [4.78, 5) is 34.8. The predicted molar refractivity (Wildman–Crippen MR) is 167 cm³/mol. The summed E-state index contributed by atoms with van der Waals surface area (Å²) in [5.74, 6) is -0.408. The SMILES string of the molecule is CCCc1ccc(-c2ccc(C(=O)Nc3cccc(OC(=O)c4ccc(-c5ccc(CCC)cn5)cc4)c3)cc2)nc1. The largest absolute Gasteiger partial charge is 0.423 e. The van der Waals surface area contributed by atoms with E-state index in [1.54, 1.807) is 48.5 Å². The van der Waals surface area contributed by atoms with Gasteiger partial charge in [0.1, 0.15) is 5.75 Å². The van der Waals surface area contributed by atoms with Crippen LogP contribution in [0.5, 0.6) is 5.75 Å². The molecule has 6 heteroatoms. The van der Waals surface area contributed by atoms with E-state index in [1.807, 2.05) is 48.8 Å². The molecule has 1 amide bonds. The molecule has 0 aliphatic heterocycles. The van der Waals surface area contributed by atoms with E-state index < -0.39 is 5.97 Å². The van der Waals surface area contributed by atoms with Crippen LogP contribution in [0.3, 0.4) is 0 Å². The number of anilines is 1. The summed E-state index contributed by atoms with van der Waals surface area (Å²) >= 11 is 0. The maximum absolute atomic E-state index is 12.9. The summed E-state index contributed by atoms with van der Waals surface area (Å²) < 4.78 is 5.59. The molecule has 1 N–H and O–H groups in total. The van der Waals surface area contributed by atoms with Gasteiger partial charge in [0.2, 0.25) is 0 Å². The Morgan fingerprint density at radius 2 is 1.21 bits per heavy atom. The Morgan fingerprint density at radius 3 is 1.71 bits per heavy atom. The van der Waals surface area contributed by atoms with Crippen LogP contribution in [-0.2, 0) is 12.8 Å². The fourth-order valence-electron chi connectivity index (χ4n) is 4.64. The topological polar surface area (TPSA) is 81.2 Å². The first-order chi connectivity index (χ1) is 20.5. The maximum Gasteiger partial charge on any atom is 0.343 e. The molecule has 0 fully saturated rings. The zero-order valence-corrected chi connectivity index (χ0v) is 23.8. The molecule has 5 aromatic rings. The molecule has 42 heavy (non-hydrogen) atoms. The summed E-state index contributed by atoms with van der Waals surface area (Å²) in [7, 11) is 0. The Hall–Kier alpha value is -5.10. The van der Waals surface area contributed by atoms with E-state index in [1.165, 1.54) is 11.1 Å². The Balaban J connectivity index is 1.19. The number of nitrogens with zero attached hydrogens (tertiary/aromatic N) is 2. The van der Waals surface area contributed by atoms with Crippen LogP contribution < -0.4 is 10.1 Å². The van der Waals surface area contributed by atoms with Crippen molar-refractivity contribution in [2.75, 3.05) is 5.32 Å². The van der Waals surface area contributed by atoms with Crippen molar-refractivity contribution >= 4 is 17.6 Å².